The second kappa shape index (κ2) is 13.4. The van der Waals surface area contributed by atoms with Gasteiger partial charge in [0.05, 0.1) is 18.1 Å². The zero-order valence-electron chi connectivity index (χ0n) is 23.6. The maximum absolute atomic E-state index is 14.4. The number of aliphatic hydroxyl groups is 1. The lowest BCUT2D eigenvalue weighted by Crippen LogP contribution is -2.65. The molecule has 0 radical (unpaired) electrons. The second-order valence-corrected chi connectivity index (χ2v) is 12.1. The van der Waals surface area contributed by atoms with Gasteiger partial charge in [-0.1, -0.05) is 48.0 Å². The lowest BCUT2D eigenvalue weighted by Gasteiger charge is -2.45. The molecule has 2 saturated heterocycles. The molecule has 5 atom stereocenters. The summed E-state index contributed by atoms with van der Waals surface area (Å²) in [6, 6.07) is 13.3. The molecule has 0 aromatic heterocycles. The van der Waals surface area contributed by atoms with E-state index >= 15 is 0 Å². The standard InChI is InChI=1S/C31H37ClN4O5.ClH/c1-19-28(39)34-26(17-37)29(40)35-31(16-20-7-10-22(32)11-8-20)13-4-14-36(18-31)30(41)25(15-27(38)33-19)24-12-9-21-5-2-3-6-23(21)24;/h2-3,5-8,10-11,19,24-26,37H,4,9,12-18H2,1H3,(H,33,38)(H,34,39)(H,35,40);1H/t19?,24-,25?,26?,31?;/m1./s1. The van der Waals surface area contributed by atoms with Gasteiger partial charge >= 0.3 is 0 Å². The topological polar surface area (TPSA) is 128 Å². The number of halogens is 2. The highest BCUT2D eigenvalue weighted by Gasteiger charge is 2.44. The van der Waals surface area contributed by atoms with E-state index in [1.54, 1.807) is 17.0 Å². The second-order valence-electron chi connectivity index (χ2n) is 11.6. The number of carbonyl (C=O) groups is 4. The lowest BCUT2D eigenvalue weighted by molar-refractivity contribution is -0.143. The van der Waals surface area contributed by atoms with Crippen LogP contribution in [0.1, 0.15) is 55.2 Å². The minimum atomic E-state index is -1.21. The molecule has 2 heterocycles. The monoisotopic (exact) mass is 616 g/mol. The van der Waals surface area contributed by atoms with Gasteiger partial charge in [-0.25, -0.2) is 0 Å². The van der Waals surface area contributed by atoms with Crippen molar-refractivity contribution in [2.24, 2.45) is 5.92 Å². The molecule has 226 valence electrons. The third-order valence-electron chi connectivity index (χ3n) is 8.71. The van der Waals surface area contributed by atoms with Crippen LogP contribution in [0.5, 0.6) is 0 Å². The van der Waals surface area contributed by atoms with E-state index in [0.717, 1.165) is 24.0 Å². The first-order chi connectivity index (χ1) is 19.7. The van der Waals surface area contributed by atoms with Gasteiger partial charge in [0.2, 0.25) is 23.6 Å². The highest BCUT2D eigenvalue weighted by atomic mass is 35.5. The van der Waals surface area contributed by atoms with Crippen LogP contribution in [0.4, 0.5) is 0 Å². The van der Waals surface area contributed by atoms with E-state index in [4.69, 9.17) is 11.6 Å². The third-order valence-corrected chi connectivity index (χ3v) is 8.96. The van der Waals surface area contributed by atoms with Crippen molar-refractivity contribution in [3.8, 4) is 0 Å². The molecule has 1 aliphatic carbocycles. The third kappa shape index (κ3) is 6.90. The Hall–Kier alpha value is -3.14. The maximum Gasteiger partial charge on any atom is 0.245 e. The summed E-state index contributed by atoms with van der Waals surface area (Å²) < 4.78 is 0. The SMILES string of the molecule is CC1NC(=O)CC([C@@H]2CCc3ccccc32)C(=O)N2CCCC(Cc3ccc(Cl)cc3)(C2)NC(=O)C(CO)NC1=O.Cl. The van der Waals surface area contributed by atoms with Gasteiger partial charge in [-0.15, -0.1) is 12.4 Å². The zero-order valence-corrected chi connectivity index (χ0v) is 25.2. The normalized spacial score (nSPS) is 28.5. The van der Waals surface area contributed by atoms with Crippen LogP contribution in [0.15, 0.2) is 48.5 Å². The zero-order chi connectivity index (χ0) is 29.1. The summed E-state index contributed by atoms with van der Waals surface area (Å²) in [6.45, 7) is 1.67. The number of nitrogens with one attached hydrogen (secondary N) is 3. The predicted molar refractivity (Wildman–Crippen MR) is 161 cm³/mol. The summed E-state index contributed by atoms with van der Waals surface area (Å²) in [4.78, 5) is 55.8. The van der Waals surface area contributed by atoms with Gasteiger partial charge in [0.1, 0.15) is 12.1 Å². The van der Waals surface area contributed by atoms with Crippen molar-refractivity contribution in [2.75, 3.05) is 19.7 Å². The van der Waals surface area contributed by atoms with E-state index in [0.29, 0.717) is 30.8 Å². The fraction of sp³-hybridized carbons (Fsp3) is 0.484. The van der Waals surface area contributed by atoms with Gasteiger partial charge in [0, 0.05) is 24.5 Å². The molecule has 2 aromatic carbocycles. The smallest absolute Gasteiger partial charge is 0.245 e. The van der Waals surface area contributed by atoms with Crippen LogP contribution in [0.3, 0.4) is 0 Å². The van der Waals surface area contributed by atoms with Crippen molar-refractivity contribution < 1.29 is 24.3 Å². The molecule has 11 heteroatoms. The quantitative estimate of drug-likeness (QED) is 0.420. The number of carbonyl (C=O) groups excluding carboxylic acids is 4. The average Bonchev–Trinajstić information content (AvgIpc) is 3.39. The van der Waals surface area contributed by atoms with E-state index in [2.05, 4.69) is 22.0 Å². The number of aliphatic hydroxyl groups excluding tert-OH is 1. The largest absolute Gasteiger partial charge is 0.394 e. The number of rotatable bonds is 4. The van der Waals surface area contributed by atoms with Crippen molar-refractivity contribution in [1.29, 1.82) is 0 Å². The highest BCUT2D eigenvalue weighted by molar-refractivity contribution is 6.30. The van der Waals surface area contributed by atoms with Gasteiger partial charge in [-0.2, -0.15) is 0 Å². The fourth-order valence-corrected chi connectivity index (χ4v) is 6.78. The van der Waals surface area contributed by atoms with Gasteiger partial charge in [-0.3, -0.25) is 19.2 Å². The molecule has 2 aliphatic heterocycles. The number of piperidine rings is 1. The van der Waals surface area contributed by atoms with Crippen molar-refractivity contribution in [3.63, 3.8) is 0 Å². The molecule has 4 N–H and O–H groups in total. The Bertz CT molecular complexity index is 1320. The molecular formula is C31H38Cl2N4O5. The molecule has 0 saturated carbocycles. The summed E-state index contributed by atoms with van der Waals surface area (Å²) in [5.41, 5.74) is 2.38. The number of amides is 4. The Morgan fingerprint density at radius 1 is 1.00 bits per heavy atom. The predicted octanol–water partition coefficient (Wildman–Crippen LogP) is 2.51. The van der Waals surface area contributed by atoms with Crippen molar-refractivity contribution in [2.45, 2.75) is 69.0 Å². The van der Waals surface area contributed by atoms with E-state index in [9.17, 15) is 24.3 Å². The average molecular weight is 618 g/mol. The lowest BCUT2D eigenvalue weighted by atomic mass is 9.80. The molecule has 9 nitrogen and oxygen atoms in total. The summed E-state index contributed by atoms with van der Waals surface area (Å²) in [7, 11) is 0. The number of nitrogens with zero attached hydrogens (tertiary/aromatic N) is 1. The van der Waals surface area contributed by atoms with Crippen molar-refractivity contribution >= 4 is 47.6 Å². The number of benzene rings is 2. The molecule has 5 rings (SSSR count). The van der Waals surface area contributed by atoms with Crippen LogP contribution in [0.25, 0.3) is 0 Å². The summed E-state index contributed by atoms with van der Waals surface area (Å²) in [5.74, 6) is -2.38. The first-order valence-corrected chi connectivity index (χ1v) is 14.7. The van der Waals surface area contributed by atoms with Crippen LogP contribution in [-0.4, -0.2) is 71.0 Å². The van der Waals surface area contributed by atoms with Gasteiger partial charge in [0.15, 0.2) is 0 Å². The summed E-state index contributed by atoms with van der Waals surface area (Å²) in [6.07, 6.45) is 3.23. The minimum Gasteiger partial charge on any atom is -0.394 e. The molecule has 4 unspecified atom stereocenters. The van der Waals surface area contributed by atoms with Crippen molar-refractivity contribution in [1.82, 2.24) is 20.9 Å². The molecule has 2 aromatic rings. The van der Waals surface area contributed by atoms with Gasteiger partial charge in [-0.05, 0) is 73.8 Å². The highest BCUT2D eigenvalue weighted by Crippen LogP contribution is 2.41. The van der Waals surface area contributed by atoms with E-state index < -0.39 is 47.9 Å². The van der Waals surface area contributed by atoms with Crippen molar-refractivity contribution in [3.05, 3.63) is 70.2 Å². The van der Waals surface area contributed by atoms with E-state index in [1.807, 2.05) is 30.3 Å². The first-order valence-electron chi connectivity index (χ1n) is 14.3. The maximum atomic E-state index is 14.4. The fourth-order valence-electron chi connectivity index (χ4n) is 6.65. The van der Waals surface area contributed by atoms with Crippen LogP contribution in [-0.2, 0) is 32.0 Å². The van der Waals surface area contributed by atoms with E-state index in [1.165, 1.54) is 12.5 Å². The molecular weight excluding hydrogens is 579 g/mol. The molecule has 42 heavy (non-hydrogen) atoms. The first kappa shape index (κ1) is 31.8. The number of aryl methyl sites for hydroxylation is 1. The Morgan fingerprint density at radius 3 is 2.48 bits per heavy atom. The van der Waals surface area contributed by atoms with Crippen LogP contribution in [0, 0.1) is 5.92 Å². The molecule has 0 spiro atoms. The van der Waals surface area contributed by atoms with Gasteiger partial charge < -0.3 is 26.0 Å². The Balaban J connectivity index is 0.00000405. The van der Waals surface area contributed by atoms with Crippen LogP contribution < -0.4 is 16.0 Å². The minimum absolute atomic E-state index is 0. The number of hydrogen-bond donors (Lipinski definition) is 4. The Kier molecular flexibility index (Phi) is 10.2. The Morgan fingerprint density at radius 2 is 1.74 bits per heavy atom. The number of fused-ring (bicyclic) bond motifs is 3. The number of hydrogen-bond acceptors (Lipinski definition) is 5. The van der Waals surface area contributed by atoms with E-state index in [-0.39, 0.29) is 37.2 Å². The molecule has 4 amide bonds. The molecule has 2 bridgehead atoms. The molecule has 3 aliphatic rings. The molecule has 2 fully saturated rings. The summed E-state index contributed by atoms with van der Waals surface area (Å²) in [5, 5.41) is 19.0. The Labute approximate surface area is 257 Å². The van der Waals surface area contributed by atoms with Crippen LogP contribution >= 0.6 is 24.0 Å². The summed E-state index contributed by atoms with van der Waals surface area (Å²) >= 11 is 6.12. The van der Waals surface area contributed by atoms with Crippen LogP contribution in [0.2, 0.25) is 5.02 Å². The van der Waals surface area contributed by atoms with Gasteiger partial charge in [0.25, 0.3) is 0 Å².